The van der Waals surface area contributed by atoms with Gasteiger partial charge in [-0.3, -0.25) is 4.40 Å². The van der Waals surface area contributed by atoms with Crippen molar-refractivity contribution in [2.45, 2.75) is 13.3 Å². The Kier molecular flexibility index (Phi) is 3.29. The molecular formula is C16H17N3O. The zero-order valence-corrected chi connectivity index (χ0v) is 11.6. The van der Waals surface area contributed by atoms with Gasteiger partial charge in [0.1, 0.15) is 17.2 Å². The van der Waals surface area contributed by atoms with Crippen molar-refractivity contribution in [1.29, 1.82) is 0 Å². The Balaban J connectivity index is 2.00. The molecule has 0 aliphatic rings. The Hall–Kier alpha value is -2.49. The van der Waals surface area contributed by atoms with Crippen LogP contribution in [0.4, 0.5) is 11.5 Å². The van der Waals surface area contributed by atoms with Gasteiger partial charge >= 0.3 is 0 Å². The maximum Gasteiger partial charge on any atom is 0.138 e. The Labute approximate surface area is 118 Å². The van der Waals surface area contributed by atoms with Crippen molar-refractivity contribution < 1.29 is 4.74 Å². The van der Waals surface area contributed by atoms with E-state index >= 15 is 0 Å². The molecular weight excluding hydrogens is 250 g/mol. The van der Waals surface area contributed by atoms with Crippen molar-refractivity contribution in [1.82, 2.24) is 9.38 Å². The highest BCUT2D eigenvalue weighted by Crippen LogP contribution is 2.24. The maximum absolute atomic E-state index is 5.17. The van der Waals surface area contributed by atoms with Gasteiger partial charge in [-0.25, -0.2) is 4.98 Å². The summed E-state index contributed by atoms with van der Waals surface area (Å²) < 4.78 is 7.25. The standard InChI is InChI=1S/C16H17N3O/c1-3-14-16(19-11-5-4-6-15(19)18-14)17-12-7-9-13(20-2)10-8-12/h4-11,17H,3H2,1-2H3. The number of hydrogen-bond acceptors (Lipinski definition) is 3. The lowest BCUT2D eigenvalue weighted by Crippen LogP contribution is -1.98. The molecule has 3 aromatic rings. The van der Waals surface area contributed by atoms with E-state index in [0.717, 1.165) is 35.0 Å². The molecule has 0 spiro atoms. The average Bonchev–Trinajstić information content (AvgIpc) is 2.86. The normalized spacial score (nSPS) is 10.7. The van der Waals surface area contributed by atoms with E-state index < -0.39 is 0 Å². The average molecular weight is 267 g/mol. The van der Waals surface area contributed by atoms with Gasteiger partial charge in [0, 0.05) is 11.9 Å². The van der Waals surface area contributed by atoms with Gasteiger partial charge < -0.3 is 10.1 Å². The maximum atomic E-state index is 5.17. The molecule has 0 aliphatic heterocycles. The number of benzene rings is 1. The highest BCUT2D eigenvalue weighted by molar-refractivity contribution is 5.64. The number of nitrogens with one attached hydrogen (secondary N) is 1. The molecule has 20 heavy (non-hydrogen) atoms. The van der Waals surface area contributed by atoms with Gasteiger partial charge in [0.25, 0.3) is 0 Å². The van der Waals surface area contributed by atoms with Crippen molar-refractivity contribution in [3.63, 3.8) is 0 Å². The lowest BCUT2D eigenvalue weighted by Gasteiger charge is -2.08. The van der Waals surface area contributed by atoms with Crippen LogP contribution in [-0.2, 0) is 6.42 Å². The number of aryl methyl sites for hydroxylation is 1. The van der Waals surface area contributed by atoms with Gasteiger partial charge in [-0.1, -0.05) is 13.0 Å². The third-order valence-electron chi connectivity index (χ3n) is 3.29. The van der Waals surface area contributed by atoms with Gasteiger partial charge in [-0.15, -0.1) is 0 Å². The molecule has 102 valence electrons. The van der Waals surface area contributed by atoms with Crippen molar-refractivity contribution in [3.8, 4) is 5.75 Å². The van der Waals surface area contributed by atoms with Crippen molar-refractivity contribution >= 4 is 17.2 Å². The number of anilines is 2. The summed E-state index contributed by atoms with van der Waals surface area (Å²) in [6.07, 6.45) is 2.91. The van der Waals surface area contributed by atoms with Crippen LogP contribution < -0.4 is 10.1 Å². The molecule has 0 fully saturated rings. The molecule has 0 radical (unpaired) electrons. The molecule has 4 nitrogen and oxygen atoms in total. The monoisotopic (exact) mass is 267 g/mol. The summed E-state index contributed by atoms with van der Waals surface area (Å²) in [7, 11) is 1.67. The first-order valence-corrected chi connectivity index (χ1v) is 6.69. The molecule has 2 aromatic heterocycles. The summed E-state index contributed by atoms with van der Waals surface area (Å²) in [5.41, 5.74) is 3.04. The first-order valence-electron chi connectivity index (χ1n) is 6.69. The number of hydrogen-bond donors (Lipinski definition) is 1. The highest BCUT2D eigenvalue weighted by atomic mass is 16.5. The molecule has 0 aliphatic carbocycles. The lowest BCUT2D eigenvalue weighted by molar-refractivity contribution is 0.415. The number of imidazole rings is 1. The first-order chi connectivity index (χ1) is 9.81. The van der Waals surface area contributed by atoms with E-state index in [4.69, 9.17) is 4.74 Å². The second kappa shape index (κ2) is 5.25. The second-order valence-corrected chi connectivity index (χ2v) is 4.54. The molecule has 4 heteroatoms. The van der Waals surface area contributed by atoms with Crippen LogP contribution in [0.15, 0.2) is 48.7 Å². The van der Waals surface area contributed by atoms with Crippen LogP contribution in [0.5, 0.6) is 5.75 Å². The fraction of sp³-hybridized carbons (Fsp3) is 0.188. The van der Waals surface area contributed by atoms with Gasteiger partial charge in [-0.05, 0) is 42.8 Å². The molecule has 0 bridgehead atoms. The molecule has 1 N–H and O–H groups in total. The largest absolute Gasteiger partial charge is 0.497 e. The van der Waals surface area contributed by atoms with E-state index in [1.165, 1.54) is 0 Å². The van der Waals surface area contributed by atoms with Gasteiger partial charge in [-0.2, -0.15) is 0 Å². The highest BCUT2D eigenvalue weighted by Gasteiger charge is 2.10. The van der Waals surface area contributed by atoms with Crippen molar-refractivity contribution in [2.24, 2.45) is 0 Å². The fourth-order valence-electron chi connectivity index (χ4n) is 2.23. The number of ether oxygens (including phenoxy) is 1. The summed E-state index contributed by atoms with van der Waals surface area (Å²) in [5.74, 6) is 1.87. The predicted octanol–water partition coefficient (Wildman–Crippen LogP) is 3.65. The van der Waals surface area contributed by atoms with E-state index in [1.807, 2.05) is 48.7 Å². The summed E-state index contributed by atoms with van der Waals surface area (Å²) in [5, 5.41) is 3.44. The minimum absolute atomic E-state index is 0.851. The number of pyridine rings is 1. The van der Waals surface area contributed by atoms with Crippen molar-refractivity contribution in [2.75, 3.05) is 12.4 Å². The number of fused-ring (bicyclic) bond motifs is 1. The second-order valence-electron chi connectivity index (χ2n) is 4.54. The lowest BCUT2D eigenvalue weighted by atomic mass is 10.3. The molecule has 2 heterocycles. The molecule has 0 saturated heterocycles. The third kappa shape index (κ3) is 2.20. The van der Waals surface area contributed by atoms with Crippen LogP contribution >= 0.6 is 0 Å². The zero-order chi connectivity index (χ0) is 13.9. The first kappa shape index (κ1) is 12.5. The number of rotatable bonds is 4. The molecule has 1 aromatic carbocycles. The Morgan fingerprint density at radius 1 is 1.15 bits per heavy atom. The molecule has 0 atom stereocenters. The number of nitrogens with zero attached hydrogens (tertiary/aromatic N) is 2. The summed E-state index contributed by atoms with van der Waals surface area (Å²) in [6.45, 7) is 2.11. The van der Waals surface area contributed by atoms with Crippen molar-refractivity contribution in [3.05, 3.63) is 54.4 Å². The third-order valence-corrected chi connectivity index (χ3v) is 3.29. The van der Waals surface area contributed by atoms with Crippen LogP contribution in [0.1, 0.15) is 12.6 Å². The van der Waals surface area contributed by atoms with E-state index in [1.54, 1.807) is 7.11 Å². The quantitative estimate of drug-likeness (QED) is 0.784. The summed E-state index contributed by atoms with van der Waals surface area (Å²) >= 11 is 0. The Morgan fingerprint density at radius 3 is 2.65 bits per heavy atom. The molecule has 3 rings (SSSR count). The minimum atomic E-state index is 0.851. The van der Waals surface area contributed by atoms with Crippen LogP contribution in [0.25, 0.3) is 5.65 Å². The smallest absolute Gasteiger partial charge is 0.138 e. The van der Waals surface area contributed by atoms with Crippen LogP contribution in [0.3, 0.4) is 0 Å². The van der Waals surface area contributed by atoms with E-state index in [2.05, 4.69) is 21.6 Å². The topological polar surface area (TPSA) is 38.6 Å². The predicted molar refractivity (Wildman–Crippen MR) is 80.8 cm³/mol. The SMILES string of the molecule is CCc1nc2ccccn2c1Nc1ccc(OC)cc1. The van der Waals surface area contributed by atoms with Crippen LogP contribution in [0.2, 0.25) is 0 Å². The molecule has 0 unspecified atom stereocenters. The van der Waals surface area contributed by atoms with Gasteiger partial charge in [0.15, 0.2) is 0 Å². The van der Waals surface area contributed by atoms with Crippen LogP contribution in [-0.4, -0.2) is 16.5 Å². The van der Waals surface area contributed by atoms with E-state index in [9.17, 15) is 0 Å². The number of methoxy groups -OCH3 is 1. The molecule has 0 saturated carbocycles. The minimum Gasteiger partial charge on any atom is -0.497 e. The Bertz CT molecular complexity index is 716. The Morgan fingerprint density at radius 2 is 1.95 bits per heavy atom. The van der Waals surface area contributed by atoms with Crippen LogP contribution in [0, 0.1) is 0 Å². The van der Waals surface area contributed by atoms with E-state index in [0.29, 0.717) is 0 Å². The summed E-state index contributed by atoms with van der Waals surface area (Å²) in [6, 6.07) is 13.9. The zero-order valence-electron chi connectivity index (χ0n) is 11.6. The molecule has 0 amide bonds. The van der Waals surface area contributed by atoms with Gasteiger partial charge in [0.05, 0.1) is 12.8 Å². The van der Waals surface area contributed by atoms with E-state index in [-0.39, 0.29) is 0 Å². The van der Waals surface area contributed by atoms with Gasteiger partial charge in [0.2, 0.25) is 0 Å². The summed E-state index contributed by atoms with van der Waals surface area (Å²) in [4.78, 5) is 4.64. The number of aromatic nitrogens is 2. The fourth-order valence-corrected chi connectivity index (χ4v) is 2.23.